The number of rotatable bonds is 7. The van der Waals surface area contributed by atoms with Crippen LogP contribution in [0, 0.1) is 5.82 Å². The molecule has 35 heavy (non-hydrogen) atoms. The van der Waals surface area contributed by atoms with Gasteiger partial charge in [-0.2, -0.15) is 4.98 Å². The SMILES string of the molecule is COc1ccc(-c2nc(S(=O)(=O)c3ccc4c(c3)OCCO4)c(NCc3ccc(F)cc3)o2)cc1. The van der Waals surface area contributed by atoms with E-state index in [-0.39, 0.29) is 34.1 Å². The predicted molar refractivity (Wildman–Crippen MR) is 125 cm³/mol. The van der Waals surface area contributed by atoms with Crippen molar-refractivity contribution >= 4 is 15.7 Å². The van der Waals surface area contributed by atoms with E-state index in [9.17, 15) is 12.8 Å². The molecule has 1 aliphatic heterocycles. The van der Waals surface area contributed by atoms with Gasteiger partial charge in [0, 0.05) is 18.2 Å². The summed E-state index contributed by atoms with van der Waals surface area (Å²) in [5.41, 5.74) is 1.30. The van der Waals surface area contributed by atoms with Gasteiger partial charge in [0.05, 0.1) is 12.0 Å². The van der Waals surface area contributed by atoms with Crippen LogP contribution in [0.4, 0.5) is 10.3 Å². The van der Waals surface area contributed by atoms with Crippen molar-refractivity contribution in [1.29, 1.82) is 0 Å². The fourth-order valence-electron chi connectivity index (χ4n) is 3.54. The summed E-state index contributed by atoms with van der Waals surface area (Å²) in [6.45, 7) is 0.915. The lowest BCUT2D eigenvalue weighted by Crippen LogP contribution is -2.16. The van der Waals surface area contributed by atoms with E-state index in [0.29, 0.717) is 36.0 Å². The first-order valence-electron chi connectivity index (χ1n) is 10.7. The predicted octanol–water partition coefficient (Wildman–Crippen LogP) is 4.71. The number of sulfone groups is 1. The van der Waals surface area contributed by atoms with Gasteiger partial charge in [0.1, 0.15) is 24.8 Å². The lowest BCUT2D eigenvalue weighted by atomic mass is 10.2. The number of methoxy groups -OCH3 is 1. The first-order valence-corrected chi connectivity index (χ1v) is 12.2. The Hall–Kier alpha value is -4.05. The van der Waals surface area contributed by atoms with Crippen LogP contribution in [-0.4, -0.2) is 33.7 Å². The highest BCUT2D eigenvalue weighted by Gasteiger charge is 2.30. The third-order valence-electron chi connectivity index (χ3n) is 5.38. The Kier molecular flexibility index (Phi) is 6.04. The number of hydrogen-bond acceptors (Lipinski definition) is 8. The molecule has 5 rings (SSSR count). The molecule has 0 saturated carbocycles. The number of halogens is 1. The van der Waals surface area contributed by atoms with Crippen LogP contribution in [0.25, 0.3) is 11.5 Å². The van der Waals surface area contributed by atoms with E-state index in [4.69, 9.17) is 18.6 Å². The van der Waals surface area contributed by atoms with E-state index >= 15 is 0 Å². The minimum Gasteiger partial charge on any atom is -0.497 e. The fourth-order valence-corrected chi connectivity index (χ4v) is 4.84. The number of oxazole rings is 1. The summed E-state index contributed by atoms with van der Waals surface area (Å²) in [7, 11) is -2.55. The standard InChI is InChI=1S/C25H21FN2O6S/c1-31-19-8-4-17(5-9-19)23-28-25(24(34-23)27-15-16-2-6-18(26)7-3-16)35(29,30)20-10-11-21-22(14-20)33-13-12-32-21/h2-11,14,27H,12-13,15H2,1H3. The van der Waals surface area contributed by atoms with Crippen molar-refractivity contribution in [2.24, 2.45) is 0 Å². The zero-order valence-corrected chi connectivity index (χ0v) is 19.5. The first kappa shape index (κ1) is 22.7. The molecule has 1 aliphatic rings. The lowest BCUT2D eigenvalue weighted by Gasteiger charge is -2.18. The highest BCUT2D eigenvalue weighted by Crippen LogP contribution is 2.37. The maximum Gasteiger partial charge on any atom is 0.234 e. The maximum atomic E-state index is 13.6. The molecule has 8 nitrogen and oxygen atoms in total. The van der Waals surface area contributed by atoms with E-state index in [2.05, 4.69) is 10.3 Å². The van der Waals surface area contributed by atoms with E-state index in [1.165, 1.54) is 24.3 Å². The zero-order chi connectivity index (χ0) is 24.4. The summed E-state index contributed by atoms with van der Waals surface area (Å²) in [6, 6.07) is 17.1. The molecular formula is C25H21FN2O6S. The fraction of sp³-hybridized carbons (Fsp3) is 0.160. The molecule has 0 atom stereocenters. The Morgan fingerprint density at radius 3 is 2.40 bits per heavy atom. The molecule has 1 aromatic heterocycles. The summed E-state index contributed by atoms with van der Waals surface area (Å²) in [6.07, 6.45) is 0. The molecular weight excluding hydrogens is 475 g/mol. The second-order valence-electron chi connectivity index (χ2n) is 7.67. The van der Waals surface area contributed by atoms with Gasteiger partial charge in [-0.15, -0.1) is 0 Å². The van der Waals surface area contributed by atoms with Crippen LogP contribution < -0.4 is 19.5 Å². The lowest BCUT2D eigenvalue weighted by molar-refractivity contribution is 0.171. The molecule has 0 unspecified atom stereocenters. The van der Waals surface area contributed by atoms with Gasteiger partial charge >= 0.3 is 0 Å². The van der Waals surface area contributed by atoms with E-state index in [1.807, 2.05) is 0 Å². The summed E-state index contributed by atoms with van der Waals surface area (Å²) in [5.74, 6) is 1.18. The highest BCUT2D eigenvalue weighted by molar-refractivity contribution is 7.91. The smallest absolute Gasteiger partial charge is 0.234 e. The van der Waals surface area contributed by atoms with E-state index in [0.717, 1.165) is 5.56 Å². The number of nitrogens with zero attached hydrogens (tertiary/aromatic N) is 1. The summed E-state index contributed by atoms with van der Waals surface area (Å²) >= 11 is 0. The van der Waals surface area contributed by atoms with Crippen molar-refractivity contribution in [2.45, 2.75) is 16.5 Å². The molecule has 2 heterocycles. The van der Waals surface area contributed by atoms with Crippen molar-refractivity contribution in [1.82, 2.24) is 4.98 Å². The minimum atomic E-state index is -4.10. The largest absolute Gasteiger partial charge is 0.497 e. The minimum absolute atomic E-state index is 0.0128. The highest BCUT2D eigenvalue weighted by atomic mass is 32.2. The summed E-state index contributed by atoms with van der Waals surface area (Å²) in [5, 5.41) is 2.71. The monoisotopic (exact) mass is 496 g/mol. The van der Waals surface area contributed by atoms with Gasteiger partial charge < -0.3 is 23.9 Å². The van der Waals surface area contributed by atoms with Crippen molar-refractivity contribution in [3.05, 3.63) is 78.1 Å². The Labute approximate surface area is 201 Å². The van der Waals surface area contributed by atoms with Gasteiger partial charge in [-0.1, -0.05) is 12.1 Å². The van der Waals surface area contributed by atoms with Gasteiger partial charge in [-0.05, 0) is 54.1 Å². The Morgan fingerprint density at radius 2 is 1.69 bits per heavy atom. The summed E-state index contributed by atoms with van der Waals surface area (Å²) < 4.78 is 62.6. The third kappa shape index (κ3) is 4.65. The second-order valence-corrected chi connectivity index (χ2v) is 9.54. The number of benzene rings is 3. The molecule has 0 bridgehead atoms. The molecule has 3 aromatic carbocycles. The molecule has 180 valence electrons. The van der Waals surface area contributed by atoms with Crippen LogP contribution in [-0.2, 0) is 16.4 Å². The van der Waals surface area contributed by atoms with Crippen LogP contribution in [0.1, 0.15) is 5.56 Å². The Bertz CT molecular complexity index is 1450. The maximum absolute atomic E-state index is 13.6. The van der Waals surface area contributed by atoms with Gasteiger partial charge in [-0.3, -0.25) is 0 Å². The number of anilines is 1. The molecule has 0 saturated heterocycles. The third-order valence-corrected chi connectivity index (χ3v) is 7.04. The number of fused-ring (bicyclic) bond motifs is 1. The van der Waals surface area contributed by atoms with Crippen LogP contribution in [0.5, 0.6) is 17.2 Å². The number of ether oxygens (including phenoxy) is 3. The molecule has 0 amide bonds. The zero-order valence-electron chi connectivity index (χ0n) is 18.7. The molecule has 0 aliphatic carbocycles. The van der Waals surface area contributed by atoms with Crippen LogP contribution in [0.3, 0.4) is 0 Å². The van der Waals surface area contributed by atoms with Crippen LogP contribution in [0.15, 0.2) is 81.1 Å². The van der Waals surface area contributed by atoms with Gasteiger partial charge in [0.25, 0.3) is 0 Å². The normalized spacial score (nSPS) is 12.9. The van der Waals surface area contributed by atoms with Gasteiger partial charge in [-0.25, -0.2) is 12.8 Å². The Balaban J connectivity index is 1.54. The molecule has 0 fully saturated rings. The van der Waals surface area contributed by atoms with Crippen LogP contribution in [0.2, 0.25) is 0 Å². The molecule has 0 spiro atoms. The van der Waals surface area contributed by atoms with E-state index < -0.39 is 9.84 Å². The molecule has 1 N–H and O–H groups in total. The molecule has 4 aromatic rings. The van der Waals surface area contributed by atoms with Crippen molar-refractivity contribution in [3.63, 3.8) is 0 Å². The van der Waals surface area contributed by atoms with Crippen LogP contribution >= 0.6 is 0 Å². The van der Waals surface area contributed by atoms with Gasteiger partial charge in [0.15, 0.2) is 11.5 Å². The average Bonchev–Trinajstić information content (AvgIpc) is 3.33. The summed E-state index contributed by atoms with van der Waals surface area (Å²) in [4.78, 5) is 4.32. The van der Waals surface area contributed by atoms with Crippen molar-refractivity contribution in [3.8, 4) is 28.7 Å². The number of nitrogens with one attached hydrogen (secondary N) is 1. The van der Waals surface area contributed by atoms with E-state index in [1.54, 1.807) is 49.6 Å². The second kappa shape index (κ2) is 9.30. The first-order chi connectivity index (χ1) is 16.9. The molecule has 0 radical (unpaired) electrons. The number of aromatic nitrogens is 1. The van der Waals surface area contributed by atoms with Crippen molar-refractivity contribution < 1.29 is 31.4 Å². The average molecular weight is 497 g/mol. The quantitative estimate of drug-likeness (QED) is 0.393. The van der Waals surface area contributed by atoms with Crippen molar-refractivity contribution in [2.75, 3.05) is 25.6 Å². The molecule has 10 heteroatoms. The Morgan fingerprint density at radius 1 is 0.971 bits per heavy atom. The van der Waals surface area contributed by atoms with Gasteiger partial charge in [0.2, 0.25) is 26.6 Å². The topological polar surface area (TPSA) is 99.9 Å². The number of hydrogen-bond donors (Lipinski definition) is 1.